The summed E-state index contributed by atoms with van der Waals surface area (Å²) >= 11 is 6.01. The molecule has 3 N–H and O–H groups in total. The Morgan fingerprint density at radius 3 is 2.87 bits per heavy atom. The van der Waals surface area contributed by atoms with E-state index in [-0.39, 0.29) is 18.2 Å². The van der Waals surface area contributed by atoms with E-state index in [1.807, 2.05) is 24.3 Å². The van der Waals surface area contributed by atoms with Gasteiger partial charge in [-0.05, 0) is 41.8 Å². The van der Waals surface area contributed by atoms with Crippen molar-refractivity contribution in [2.24, 2.45) is 0 Å². The zero-order valence-electron chi connectivity index (χ0n) is 15.9. The van der Waals surface area contributed by atoms with Crippen molar-refractivity contribution < 1.29 is 14.4 Å². The molecule has 3 heterocycles. The molecule has 3 amide bonds. The van der Waals surface area contributed by atoms with Gasteiger partial charge < -0.3 is 15.2 Å². The van der Waals surface area contributed by atoms with E-state index in [0.717, 1.165) is 22.2 Å². The van der Waals surface area contributed by atoms with Crippen molar-refractivity contribution in [3.05, 3.63) is 58.1 Å². The summed E-state index contributed by atoms with van der Waals surface area (Å²) in [4.78, 5) is 45.5. The monoisotopic (exact) mass is 423 g/mol. The number of H-pyrrole nitrogens is 1. The third-order valence-corrected chi connectivity index (χ3v) is 5.73. The first-order valence-electron chi connectivity index (χ1n) is 9.63. The van der Waals surface area contributed by atoms with Crippen molar-refractivity contribution in [1.82, 2.24) is 20.2 Å². The minimum Gasteiger partial charge on any atom is -0.352 e. The standard InChI is InChI=1S/C21H18ClN5O3/c22-13-2-4-15-16(8-13)25-21(24-15)23-9-11-1-3-14-12(7-11)10-27(20(14)30)17-5-6-18(28)26-19(17)29/h1-4,7-8,17H,5-6,9-10H2,(H2,23,24,25)(H,26,28,29). The number of halogens is 1. The molecule has 152 valence electrons. The van der Waals surface area contributed by atoms with Gasteiger partial charge >= 0.3 is 0 Å². The number of benzene rings is 2. The molecule has 1 unspecified atom stereocenters. The van der Waals surface area contributed by atoms with E-state index < -0.39 is 11.9 Å². The summed E-state index contributed by atoms with van der Waals surface area (Å²) in [5.41, 5.74) is 4.14. The fourth-order valence-electron chi connectivity index (χ4n) is 3.99. The van der Waals surface area contributed by atoms with Crippen LogP contribution in [0.3, 0.4) is 0 Å². The number of hydrogen-bond donors (Lipinski definition) is 3. The maximum atomic E-state index is 12.8. The van der Waals surface area contributed by atoms with Crippen LogP contribution in [0.5, 0.6) is 0 Å². The summed E-state index contributed by atoms with van der Waals surface area (Å²) < 4.78 is 0. The number of amides is 3. The topological polar surface area (TPSA) is 107 Å². The molecule has 30 heavy (non-hydrogen) atoms. The summed E-state index contributed by atoms with van der Waals surface area (Å²) in [5.74, 6) is -0.233. The predicted octanol–water partition coefficient (Wildman–Crippen LogP) is 2.59. The van der Waals surface area contributed by atoms with Gasteiger partial charge in [-0.15, -0.1) is 0 Å². The molecule has 0 radical (unpaired) electrons. The summed E-state index contributed by atoms with van der Waals surface area (Å²) in [5, 5.41) is 6.21. The number of nitrogens with one attached hydrogen (secondary N) is 3. The Labute approximate surface area is 176 Å². The molecule has 0 saturated carbocycles. The molecule has 1 atom stereocenters. The van der Waals surface area contributed by atoms with E-state index >= 15 is 0 Å². The molecule has 1 aromatic heterocycles. The molecule has 3 aromatic rings. The molecular formula is C21H18ClN5O3. The number of fused-ring (bicyclic) bond motifs is 2. The number of imidazole rings is 1. The number of hydrogen-bond acceptors (Lipinski definition) is 5. The maximum Gasteiger partial charge on any atom is 0.255 e. The lowest BCUT2D eigenvalue weighted by Crippen LogP contribution is -2.52. The minimum atomic E-state index is -0.605. The van der Waals surface area contributed by atoms with Crippen molar-refractivity contribution in [3.8, 4) is 0 Å². The summed E-state index contributed by atoms with van der Waals surface area (Å²) in [6.07, 6.45) is 0.600. The molecule has 1 saturated heterocycles. The first-order valence-corrected chi connectivity index (χ1v) is 10.0. The van der Waals surface area contributed by atoms with Crippen molar-refractivity contribution in [1.29, 1.82) is 0 Å². The smallest absolute Gasteiger partial charge is 0.255 e. The lowest BCUT2D eigenvalue weighted by atomic mass is 10.0. The van der Waals surface area contributed by atoms with Crippen molar-refractivity contribution >= 4 is 46.3 Å². The zero-order chi connectivity index (χ0) is 20.8. The van der Waals surface area contributed by atoms with Gasteiger partial charge in [-0.2, -0.15) is 0 Å². The summed E-state index contributed by atoms with van der Waals surface area (Å²) in [7, 11) is 0. The third-order valence-electron chi connectivity index (χ3n) is 5.49. The van der Waals surface area contributed by atoms with Crippen LogP contribution in [0.1, 0.15) is 34.3 Å². The average Bonchev–Trinajstić information content (AvgIpc) is 3.26. The van der Waals surface area contributed by atoms with Crippen molar-refractivity contribution in [2.45, 2.75) is 32.0 Å². The van der Waals surface area contributed by atoms with Gasteiger partial charge in [0.15, 0.2) is 0 Å². The second-order valence-electron chi connectivity index (χ2n) is 7.49. The molecule has 2 aromatic carbocycles. The van der Waals surface area contributed by atoms with Crippen LogP contribution >= 0.6 is 11.6 Å². The van der Waals surface area contributed by atoms with Crippen LogP contribution in [0, 0.1) is 0 Å². The summed E-state index contributed by atoms with van der Waals surface area (Å²) in [6.45, 7) is 0.880. The quantitative estimate of drug-likeness (QED) is 0.559. The number of piperidine rings is 1. The molecule has 8 nitrogen and oxygen atoms in total. The van der Waals surface area contributed by atoms with E-state index in [0.29, 0.717) is 36.0 Å². The molecule has 5 rings (SSSR count). The van der Waals surface area contributed by atoms with E-state index in [1.165, 1.54) is 0 Å². The fourth-order valence-corrected chi connectivity index (χ4v) is 4.16. The van der Waals surface area contributed by atoms with Crippen LogP contribution in [0.4, 0.5) is 5.95 Å². The fraction of sp³-hybridized carbons (Fsp3) is 0.238. The maximum absolute atomic E-state index is 12.8. The molecule has 2 aliphatic rings. The van der Waals surface area contributed by atoms with E-state index in [4.69, 9.17) is 11.6 Å². The Bertz CT molecular complexity index is 1200. The van der Waals surface area contributed by atoms with Crippen LogP contribution in [0.25, 0.3) is 11.0 Å². The molecule has 2 aliphatic heterocycles. The highest BCUT2D eigenvalue weighted by Gasteiger charge is 2.39. The van der Waals surface area contributed by atoms with Crippen molar-refractivity contribution in [3.63, 3.8) is 0 Å². The Balaban J connectivity index is 1.30. The number of carbonyl (C=O) groups is 3. The van der Waals surface area contributed by atoms with Gasteiger partial charge in [0, 0.05) is 30.1 Å². The highest BCUT2D eigenvalue weighted by molar-refractivity contribution is 6.31. The molecule has 0 spiro atoms. The Hall–Kier alpha value is -3.39. The van der Waals surface area contributed by atoms with Crippen LogP contribution in [0.15, 0.2) is 36.4 Å². The number of carbonyl (C=O) groups excluding carboxylic acids is 3. The van der Waals surface area contributed by atoms with Crippen molar-refractivity contribution in [2.75, 3.05) is 5.32 Å². The Kier molecular flexibility index (Phi) is 4.43. The minimum absolute atomic E-state index is 0.173. The van der Waals surface area contributed by atoms with Crippen LogP contribution < -0.4 is 10.6 Å². The van der Waals surface area contributed by atoms with Gasteiger partial charge in [0.2, 0.25) is 17.8 Å². The summed E-state index contributed by atoms with van der Waals surface area (Å²) in [6, 6.07) is 10.5. The lowest BCUT2D eigenvalue weighted by Gasteiger charge is -2.29. The number of rotatable bonds is 4. The van der Waals surface area contributed by atoms with Gasteiger partial charge in [-0.1, -0.05) is 23.7 Å². The predicted molar refractivity (Wildman–Crippen MR) is 111 cm³/mol. The number of aromatic nitrogens is 2. The highest BCUT2D eigenvalue weighted by Crippen LogP contribution is 2.28. The van der Waals surface area contributed by atoms with Crippen LogP contribution in [-0.4, -0.2) is 38.6 Å². The molecular weight excluding hydrogens is 406 g/mol. The number of nitrogens with zero attached hydrogens (tertiary/aromatic N) is 2. The molecule has 9 heteroatoms. The Morgan fingerprint density at radius 1 is 1.17 bits per heavy atom. The molecule has 0 aliphatic carbocycles. The molecule has 0 bridgehead atoms. The average molecular weight is 424 g/mol. The van der Waals surface area contributed by atoms with Gasteiger partial charge in [-0.3, -0.25) is 19.7 Å². The number of imide groups is 1. The first-order chi connectivity index (χ1) is 14.5. The van der Waals surface area contributed by atoms with E-state index in [2.05, 4.69) is 20.6 Å². The van der Waals surface area contributed by atoms with Crippen LogP contribution in [0.2, 0.25) is 5.02 Å². The zero-order valence-corrected chi connectivity index (χ0v) is 16.6. The van der Waals surface area contributed by atoms with Crippen LogP contribution in [-0.2, 0) is 22.7 Å². The second kappa shape index (κ2) is 7.14. The number of anilines is 1. The second-order valence-corrected chi connectivity index (χ2v) is 7.93. The SMILES string of the molecule is O=C1CCC(N2Cc3cc(CNc4nc5ccc(Cl)cc5[nH]4)ccc3C2=O)C(=O)N1. The third kappa shape index (κ3) is 3.29. The van der Waals surface area contributed by atoms with E-state index in [1.54, 1.807) is 17.0 Å². The highest BCUT2D eigenvalue weighted by atomic mass is 35.5. The first kappa shape index (κ1) is 18.6. The van der Waals surface area contributed by atoms with E-state index in [9.17, 15) is 14.4 Å². The normalized spacial score (nSPS) is 18.6. The Morgan fingerprint density at radius 2 is 2.03 bits per heavy atom. The van der Waals surface area contributed by atoms with Gasteiger partial charge in [0.25, 0.3) is 5.91 Å². The van der Waals surface area contributed by atoms with Gasteiger partial charge in [0.1, 0.15) is 6.04 Å². The molecule has 1 fully saturated rings. The van der Waals surface area contributed by atoms with Gasteiger partial charge in [-0.25, -0.2) is 4.98 Å². The lowest BCUT2D eigenvalue weighted by molar-refractivity contribution is -0.136. The number of aromatic amines is 1. The van der Waals surface area contributed by atoms with Gasteiger partial charge in [0.05, 0.1) is 11.0 Å². The largest absolute Gasteiger partial charge is 0.352 e.